The smallest absolute Gasteiger partial charge is 0.354 e. The Hall–Kier alpha value is -3.94. The predicted molar refractivity (Wildman–Crippen MR) is 122 cm³/mol. The molecule has 2 amide bonds. The third-order valence-electron chi connectivity index (χ3n) is 5.78. The number of rotatable bonds is 5. The lowest BCUT2D eigenvalue weighted by Crippen LogP contribution is -2.57. The predicted octanol–water partition coefficient (Wildman–Crippen LogP) is 3.07. The Bertz CT molecular complexity index is 1200. The summed E-state index contributed by atoms with van der Waals surface area (Å²) < 4.78 is 5.98. The topological polar surface area (TPSA) is 100 Å². The van der Waals surface area contributed by atoms with Gasteiger partial charge in [0, 0.05) is 36.6 Å². The number of carbonyl (C=O) groups excluding carboxylic acids is 2. The molecule has 0 radical (unpaired) electrons. The van der Waals surface area contributed by atoms with Gasteiger partial charge in [-0.15, -0.1) is 0 Å². The zero-order chi connectivity index (χ0) is 23.5. The van der Waals surface area contributed by atoms with Gasteiger partial charge in [-0.2, -0.15) is 0 Å². The average Bonchev–Trinajstić information content (AvgIpc) is 2.83. The Balaban J connectivity index is 1.44. The second-order valence-corrected chi connectivity index (χ2v) is 8.08. The molecule has 0 aliphatic carbocycles. The van der Waals surface area contributed by atoms with Crippen LogP contribution in [0.25, 0.3) is 10.9 Å². The Labute approximate surface area is 191 Å². The van der Waals surface area contributed by atoms with Gasteiger partial charge < -0.3 is 19.6 Å². The lowest BCUT2D eigenvalue weighted by Gasteiger charge is -2.40. The first kappa shape index (κ1) is 22.3. The minimum absolute atomic E-state index is 0.0390. The molecule has 8 heteroatoms. The maximum absolute atomic E-state index is 13.1. The van der Waals surface area contributed by atoms with Crippen molar-refractivity contribution in [2.24, 2.45) is 0 Å². The van der Waals surface area contributed by atoms with Gasteiger partial charge in [-0.25, -0.2) is 9.78 Å². The number of benzene rings is 2. The zero-order valence-electron chi connectivity index (χ0n) is 18.5. The molecule has 1 unspecified atom stereocenters. The van der Waals surface area contributed by atoms with E-state index in [0.29, 0.717) is 41.9 Å². The highest BCUT2D eigenvalue weighted by atomic mass is 16.5. The van der Waals surface area contributed by atoms with E-state index in [1.165, 1.54) is 6.07 Å². The Morgan fingerprint density at radius 2 is 1.79 bits per heavy atom. The van der Waals surface area contributed by atoms with Crippen LogP contribution in [0, 0.1) is 0 Å². The van der Waals surface area contributed by atoms with E-state index in [1.807, 2.05) is 25.1 Å². The fourth-order valence-corrected chi connectivity index (χ4v) is 4.06. The number of fused-ring (bicyclic) bond motifs is 1. The molecule has 1 N–H and O–H groups in total. The number of aromatic carboxylic acids is 1. The van der Waals surface area contributed by atoms with Gasteiger partial charge in [0.05, 0.1) is 5.52 Å². The number of ether oxygens (including phenoxy) is 1. The quantitative estimate of drug-likeness (QED) is 0.645. The molecular weight excluding hydrogens is 422 g/mol. The second kappa shape index (κ2) is 9.28. The fourth-order valence-electron chi connectivity index (χ4n) is 4.06. The number of aromatic nitrogens is 1. The molecular formula is C25H25N3O5. The minimum atomic E-state index is -1.11. The van der Waals surface area contributed by atoms with Crippen molar-refractivity contribution in [2.45, 2.75) is 26.0 Å². The molecule has 1 aliphatic rings. The Morgan fingerprint density at radius 1 is 1.03 bits per heavy atom. The summed E-state index contributed by atoms with van der Waals surface area (Å²) in [7, 11) is 0. The van der Waals surface area contributed by atoms with E-state index in [2.05, 4.69) is 4.98 Å². The first-order valence-corrected chi connectivity index (χ1v) is 10.8. The monoisotopic (exact) mass is 447 g/mol. The molecule has 1 saturated heterocycles. The summed E-state index contributed by atoms with van der Waals surface area (Å²) in [6.07, 6.45) is -0.756. The summed E-state index contributed by atoms with van der Waals surface area (Å²) >= 11 is 0. The standard InChI is InChI=1S/C25H25N3O5/c1-16-15-27(24(30)18-7-4-3-5-8-18)13-14-28(16)23(29)17(2)33-22-10-6-9-20-19(22)11-12-21(26-20)25(31)32/h3-12,16-17H,13-15H2,1-2H3,(H,31,32)/t16-,17?/m1/s1. The van der Waals surface area contributed by atoms with E-state index < -0.39 is 12.1 Å². The van der Waals surface area contributed by atoms with Gasteiger partial charge in [0.1, 0.15) is 11.4 Å². The summed E-state index contributed by atoms with van der Waals surface area (Å²) in [6, 6.07) is 17.2. The molecule has 170 valence electrons. The van der Waals surface area contributed by atoms with E-state index in [4.69, 9.17) is 9.84 Å². The van der Waals surface area contributed by atoms with Crippen LogP contribution in [0.15, 0.2) is 60.7 Å². The third-order valence-corrected chi connectivity index (χ3v) is 5.78. The number of hydrogen-bond donors (Lipinski definition) is 1. The summed E-state index contributed by atoms with van der Waals surface area (Å²) in [6.45, 7) is 4.93. The van der Waals surface area contributed by atoms with Gasteiger partial charge in [0.15, 0.2) is 6.10 Å². The SMILES string of the molecule is CC(Oc1cccc2nc(C(=O)O)ccc12)C(=O)N1CCN(C(=O)c2ccccc2)C[C@H]1C. The number of hydrogen-bond acceptors (Lipinski definition) is 5. The maximum atomic E-state index is 13.1. The average molecular weight is 447 g/mol. The van der Waals surface area contributed by atoms with Crippen molar-refractivity contribution in [3.8, 4) is 5.75 Å². The Kier molecular flexibility index (Phi) is 6.26. The van der Waals surface area contributed by atoms with Crippen LogP contribution in [-0.4, -0.2) is 69.5 Å². The molecule has 0 spiro atoms. The van der Waals surface area contributed by atoms with Crippen molar-refractivity contribution in [1.82, 2.24) is 14.8 Å². The van der Waals surface area contributed by atoms with Gasteiger partial charge in [0.25, 0.3) is 11.8 Å². The van der Waals surface area contributed by atoms with Crippen LogP contribution >= 0.6 is 0 Å². The lowest BCUT2D eigenvalue weighted by atomic mass is 10.1. The minimum Gasteiger partial charge on any atom is -0.480 e. The highest BCUT2D eigenvalue weighted by molar-refractivity contribution is 5.94. The molecule has 4 rings (SSSR count). The second-order valence-electron chi connectivity index (χ2n) is 8.08. The number of carbonyl (C=O) groups is 3. The van der Waals surface area contributed by atoms with Crippen molar-refractivity contribution < 1.29 is 24.2 Å². The number of amides is 2. The number of carboxylic acids is 1. The molecule has 0 saturated carbocycles. The first-order valence-electron chi connectivity index (χ1n) is 10.8. The van der Waals surface area contributed by atoms with Crippen LogP contribution in [-0.2, 0) is 4.79 Å². The number of carboxylic acid groups (broad SMARTS) is 1. The zero-order valence-corrected chi connectivity index (χ0v) is 18.5. The van der Waals surface area contributed by atoms with Crippen molar-refractivity contribution in [3.05, 3.63) is 71.9 Å². The largest absolute Gasteiger partial charge is 0.480 e. The van der Waals surface area contributed by atoms with Gasteiger partial charge in [0.2, 0.25) is 0 Å². The Morgan fingerprint density at radius 3 is 2.48 bits per heavy atom. The van der Waals surface area contributed by atoms with Crippen molar-refractivity contribution >= 4 is 28.7 Å². The molecule has 2 atom stereocenters. The normalized spacial score (nSPS) is 17.0. The lowest BCUT2D eigenvalue weighted by molar-refractivity contribution is -0.142. The van der Waals surface area contributed by atoms with E-state index in [-0.39, 0.29) is 23.6 Å². The highest BCUT2D eigenvalue weighted by Gasteiger charge is 2.33. The van der Waals surface area contributed by atoms with E-state index >= 15 is 0 Å². The maximum Gasteiger partial charge on any atom is 0.354 e. The molecule has 1 aliphatic heterocycles. The number of piperazine rings is 1. The van der Waals surface area contributed by atoms with Crippen LogP contribution in [0.1, 0.15) is 34.7 Å². The molecule has 1 fully saturated rings. The molecule has 8 nitrogen and oxygen atoms in total. The molecule has 2 aromatic carbocycles. The first-order chi connectivity index (χ1) is 15.8. The summed E-state index contributed by atoms with van der Waals surface area (Å²) in [5.41, 5.74) is 1.06. The van der Waals surface area contributed by atoms with E-state index in [0.717, 1.165) is 0 Å². The van der Waals surface area contributed by atoms with Crippen LogP contribution in [0.4, 0.5) is 0 Å². The summed E-state index contributed by atoms with van der Waals surface area (Å²) in [5.74, 6) is -0.849. The molecule has 3 aromatic rings. The number of nitrogens with zero attached hydrogens (tertiary/aromatic N) is 3. The van der Waals surface area contributed by atoms with Gasteiger partial charge >= 0.3 is 5.97 Å². The van der Waals surface area contributed by atoms with Gasteiger partial charge in [-0.05, 0) is 50.2 Å². The van der Waals surface area contributed by atoms with Crippen LogP contribution in [0.3, 0.4) is 0 Å². The van der Waals surface area contributed by atoms with E-state index in [9.17, 15) is 14.4 Å². The van der Waals surface area contributed by atoms with Crippen LogP contribution < -0.4 is 4.74 Å². The van der Waals surface area contributed by atoms with Crippen molar-refractivity contribution in [1.29, 1.82) is 0 Å². The highest BCUT2D eigenvalue weighted by Crippen LogP contribution is 2.26. The fraction of sp³-hybridized carbons (Fsp3) is 0.280. The number of pyridine rings is 1. The molecule has 0 bridgehead atoms. The van der Waals surface area contributed by atoms with Crippen LogP contribution in [0.5, 0.6) is 5.75 Å². The third kappa shape index (κ3) is 4.64. The summed E-state index contributed by atoms with van der Waals surface area (Å²) in [4.78, 5) is 44.7. The van der Waals surface area contributed by atoms with Crippen molar-refractivity contribution in [2.75, 3.05) is 19.6 Å². The molecule has 33 heavy (non-hydrogen) atoms. The molecule has 1 aromatic heterocycles. The van der Waals surface area contributed by atoms with Gasteiger partial charge in [-0.3, -0.25) is 9.59 Å². The van der Waals surface area contributed by atoms with Crippen LogP contribution in [0.2, 0.25) is 0 Å². The van der Waals surface area contributed by atoms with Gasteiger partial charge in [-0.1, -0.05) is 24.3 Å². The molecule has 2 heterocycles. The van der Waals surface area contributed by atoms with Crippen molar-refractivity contribution in [3.63, 3.8) is 0 Å². The summed E-state index contributed by atoms with van der Waals surface area (Å²) in [5, 5.41) is 9.78. The van der Waals surface area contributed by atoms with E-state index in [1.54, 1.807) is 53.1 Å².